The van der Waals surface area contributed by atoms with Crippen LogP contribution in [0.5, 0.6) is 0 Å². The summed E-state index contributed by atoms with van der Waals surface area (Å²) in [6, 6.07) is 0.464. The van der Waals surface area contributed by atoms with Gasteiger partial charge in [0.15, 0.2) is 0 Å². The molecule has 0 aromatic carbocycles. The third-order valence-electron chi connectivity index (χ3n) is 2.05. The summed E-state index contributed by atoms with van der Waals surface area (Å²) in [5, 5.41) is 7.60. The summed E-state index contributed by atoms with van der Waals surface area (Å²) in [7, 11) is 0. The Kier molecular flexibility index (Phi) is 4.45. The average Bonchev–Trinajstić information content (AvgIpc) is 2.54. The third-order valence-corrected chi connectivity index (χ3v) is 2.45. The zero-order valence-corrected chi connectivity index (χ0v) is 9.71. The second-order valence-electron chi connectivity index (χ2n) is 3.01. The number of rotatable bonds is 5. The first kappa shape index (κ1) is 10.7. The number of nitrogens with one attached hydrogen (secondary N) is 1. The van der Waals surface area contributed by atoms with Crippen LogP contribution in [-0.4, -0.2) is 22.9 Å². The molecule has 0 saturated carbocycles. The fourth-order valence-electron chi connectivity index (χ4n) is 1.25. The monoisotopic (exact) mass is 245 g/mol. The zero-order chi connectivity index (χ0) is 9.68. The molecule has 0 aliphatic heterocycles. The van der Waals surface area contributed by atoms with Gasteiger partial charge in [0.2, 0.25) is 0 Å². The lowest BCUT2D eigenvalue weighted by Crippen LogP contribution is -2.25. The minimum atomic E-state index is 0.464. The van der Waals surface area contributed by atoms with E-state index in [1.807, 2.05) is 17.1 Å². The summed E-state index contributed by atoms with van der Waals surface area (Å²) < 4.78 is 3.05. The van der Waals surface area contributed by atoms with Crippen LogP contribution in [0.2, 0.25) is 0 Å². The van der Waals surface area contributed by atoms with Gasteiger partial charge in [-0.2, -0.15) is 5.10 Å². The van der Waals surface area contributed by atoms with E-state index in [-0.39, 0.29) is 0 Å². The minimum absolute atomic E-state index is 0.464. The number of aromatic nitrogens is 2. The summed E-state index contributed by atoms with van der Waals surface area (Å²) in [5.41, 5.74) is 0. The first-order chi connectivity index (χ1) is 6.27. The van der Waals surface area contributed by atoms with Gasteiger partial charge in [-0.15, -0.1) is 0 Å². The van der Waals surface area contributed by atoms with Gasteiger partial charge in [0.1, 0.15) is 0 Å². The van der Waals surface area contributed by atoms with E-state index >= 15 is 0 Å². The molecular weight excluding hydrogens is 230 g/mol. The van der Waals surface area contributed by atoms with Gasteiger partial charge in [0, 0.05) is 12.7 Å². The molecule has 4 heteroatoms. The number of likely N-dealkylation sites (N-methyl/N-ethyl adjacent to an activating group) is 1. The van der Waals surface area contributed by atoms with Crippen molar-refractivity contribution in [1.29, 1.82) is 0 Å². The quantitative estimate of drug-likeness (QED) is 0.863. The highest BCUT2D eigenvalue weighted by Gasteiger charge is 2.08. The fraction of sp³-hybridized carbons (Fsp3) is 0.667. The molecule has 0 saturated heterocycles. The van der Waals surface area contributed by atoms with E-state index in [4.69, 9.17) is 0 Å². The second kappa shape index (κ2) is 5.40. The Labute approximate surface area is 87.6 Å². The summed E-state index contributed by atoms with van der Waals surface area (Å²) >= 11 is 3.39. The van der Waals surface area contributed by atoms with E-state index in [2.05, 4.69) is 40.2 Å². The fourth-order valence-corrected chi connectivity index (χ4v) is 1.55. The van der Waals surface area contributed by atoms with Crippen molar-refractivity contribution in [2.24, 2.45) is 0 Å². The highest BCUT2D eigenvalue weighted by molar-refractivity contribution is 9.10. The van der Waals surface area contributed by atoms with E-state index in [9.17, 15) is 0 Å². The van der Waals surface area contributed by atoms with Crippen molar-refractivity contribution in [2.75, 3.05) is 13.1 Å². The van der Waals surface area contributed by atoms with Crippen LogP contribution in [0.25, 0.3) is 0 Å². The molecule has 1 atom stereocenters. The molecule has 0 fully saturated rings. The van der Waals surface area contributed by atoms with Gasteiger partial charge in [-0.05, 0) is 28.9 Å². The molecule has 0 aliphatic carbocycles. The van der Waals surface area contributed by atoms with E-state index in [1.54, 1.807) is 0 Å². The minimum Gasteiger partial charge on any atom is -0.315 e. The summed E-state index contributed by atoms with van der Waals surface area (Å²) in [6.07, 6.45) is 4.95. The number of nitrogens with zero attached hydrogens (tertiary/aromatic N) is 2. The predicted molar refractivity (Wildman–Crippen MR) is 57.8 cm³/mol. The Morgan fingerprint density at radius 2 is 2.38 bits per heavy atom. The van der Waals surface area contributed by atoms with Gasteiger partial charge in [-0.3, -0.25) is 4.68 Å². The molecular formula is C9H16BrN3. The van der Waals surface area contributed by atoms with Crippen molar-refractivity contribution in [3.63, 3.8) is 0 Å². The Morgan fingerprint density at radius 1 is 1.62 bits per heavy atom. The lowest BCUT2D eigenvalue weighted by Gasteiger charge is -2.15. The van der Waals surface area contributed by atoms with Gasteiger partial charge in [0.25, 0.3) is 0 Å². The number of halogens is 1. The average molecular weight is 246 g/mol. The predicted octanol–water partition coefficient (Wildman–Crippen LogP) is 2.21. The molecule has 0 bridgehead atoms. The van der Waals surface area contributed by atoms with Gasteiger partial charge < -0.3 is 5.32 Å². The van der Waals surface area contributed by atoms with Crippen molar-refractivity contribution in [3.8, 4) is 0 Å². The highest BCUT2D eigenvalue weighted by atomic mass is 79.9. The molecule has 1 N–H and O–H groups in total. The number of hydrogen-bond acceptors (Lipinski definition) is 2. The van der Waals surface area contributed by atoms with Crippen LogP contribution >= 0.6 is 15.9 Å². The maximum absolute atomic E-state index is 4.27. The molecule has 0 radical (unpaired) electrons. The Balaban J connectivity index is 2.56. The van der Waals surface area contributed by atoms with Crippen LogP contribution in [0.15, 0.2) is 16.9 Å². The number of hydrogen-bond donors (Lipinski definition) is 1. The normalized spacial score (nSPS) is 13.2. The molecule has 1 aromatic heterocycles. The largest absolute Gasteiger partial charge is 0.315 e. The smallest absolute Gasteiger partial charge is 0.0641 e. The topological polar surface area (TPSA) is 29.9 Å². The summed E-state index contributed by atoms with van der Waals surface area (Å²) in [4.78, 5) is 0. The van der Waals surface area contributed by atoms with Gasteiger partial charge in [-0.1, -0.05) is 13.8 Å². The van der Waals surface area contributed by atoms with Crippen molar-refractivity contribution in [2.45, 2.75) is 26.3 Å². The maximum atomic E-state index is 4.27. The molecule has 74 valence electrons. The first-order valence-electron chi connectivity index (χ1n) is 4.68. The molecule has 13 heavy (non-hydrogen) atoms. The molecule has 0 aliphatic rings. The summed E-state index contributed by atoms with van der Waals surface area (Å²) in [5.74, 6) is 0. The molecule has 3 nitrogen and oxygen atoms in total. The Morgan fingerprint density at radius 3 is 2.85 bits per heavy atom. The van der Waals surface area contributed by atoms with Crippen LogP contribution in [0.1, 0.15) is 26.3 Å². The standard InChI is InChI=1S/C9H16BrN3/c1-3-9(6-11-4-2)13-7-8(10)5-12-13/h5,7,9,11H,3-4,6H2,1-2H3. The molecule has 0 spiro atoms. The van der Waals surface area contributed by atoms with E-state index in [0.717, 1.165) is 24.0 Å². The Hall–Kier alpha value is -0.350. The van der Waals surface area contributed by atoms with Crippen molar-refractivity contribution in [3.05, 3.63) is 16.9 Å². The lowest BCUT2D eigenvalue weighted by atomic mass is 10.2. The first-order valence-corrected chi connectivity index (χ1v) is 5.47. The van der Waals surface area contributed by atoms with Gasteiger partial charge in [-0.25, -0.2) is 0 Å². The maximum Gasteiger partial charge on any atom is 0.0641 e. The lowest BCUT2D eigenvalue weighted by molar-refractivity contribution is 0.416. The molecule has 1 rings (SSSR count). The molecule has 1 aromatic rings. The van der Waals surface area contributed by atoms with Gasteiger partial charge in [0.05, 0.1) is 16.7 Å². The highest BCUT2D eigenvalue weighted by Crippen LogP contribution is 2.13. The summed E-state index contributed by atoms with van der Waals surface area (Å²) in [6.45, 7) is 6.30. The molecule has 0 amide bonds. The van der Waals surface area contributed by atoms with Crippen molar-refractivity contribution >= 4 is 15.9 Å². The van der Waals surface area contributed by atoms with Crippen molar-refractivity contribution < 1.29 is 0 Å². The van der Waals surface area contributed by atoms with Crippen LogP contribution in [0.4, 0.5) is 0 Å². The molecule has 1 heterocycles. The van der Waals surface area contributed by atoms with E-state index in [1.165, 1.54) is 0 Å². The van der Waals surface area contributed by atoms with Crippen LogP contribution in [0.3, 0.4) is 0 Å². The SMILES string of the molecule is CCNCC(CC)n1cc(Br)cn1. The Bertz CT molecular complexity index is 247. The third kappa shape index (κ3) is 3.12. The zero-order valence-electron chi connectivity index (χ0n) is 8.13. The van der Waals surface area contributed by atoms with Crippen LogP contribution < -0.4 is 5.32 Å². The van der Waals surface area contributed by atoms with Crippen LogP contribution in [-0.2, 0) is 0 Å². The van der Waals surface area contributed by atoms with Crippen LogP contribution in [0, 0.1) is 0 Å². The van der Waals surface area contributed by atoms with Gasteiger partial charge >= 0.3 is 0 Å². The second-order valence-corrected chi connectivity index (χ2v) is 3.92. The van der Waals surface area contributed by atoms with E-state index in [0.29, 0.717) is 6.04 Å². The molecule has 1 unspecified atom stereocenters. The van der Waals surface area contributed by atoms with E-state index < -0.39 is 0 Å². The van der Waals surface area contributed by atoms with Crippen molar-refractivity contribution in [1.82, 2.24) is 15.1 Å².